The fourth-order valence-electron chi connectivity index (χ4n) is 1.19. The molecule has 0 aromatic carbocycles. The number of carbonyl (C=O) groups is 1. The summed E-state index contributed by atoms with van der Waals surface area (Å²) in [6, 6.07) is 0. The van der Waals surface area contributed by atoms with E-state index in [-0.39, 0.29) is 11.2 Å². The summed E-state index contributed by atoms with van der Waals surface area (Å²) >= 11 is 6.23. The van der Waals surface area contributed by atoms with Gasteiger partial charge in [-0.25, -0.2) is 0 Å². The first-order valence-electron chi connectivity index (χ1n) is 4.26. The predicted octanol–water partition coefficient (Wildman–Crippen LogP) is 1.32. The SMILES string of the molecule is COC(=S)SC1CCCCNC1=O. The van der Waals surface area contributed by atoms with Crippen molar-refractivity contribution in [3.63, 3.8) is 0 Å². The van der Waals surface area contributed by atoms with Gasteiger partial charge in [-0.15, -0.1) is 0 Å². The minimum Gasteiger partial charge on any atom is -0.482 e. The van der Waals surface area contributed by atoms with Gasteiger partial charge in [-0.2, -0.15) is 0 Å². The van der Waals surface area contributed by atoms with Crippen molar-refractivity contribution in [3.8, 4) is 0 Å². The van der Waals surface area contributed by atoms with Crippen molar-refractivity contribution >= 4 is 34.3 Å². The maximum Gasteiger partial charge on any atom is 0.233 e. The molecule has 0 spiro atoms. The van der Waals surface area contributed by atoms with Crippen LogP contribution in [0.25, 0.3) is 0 Å². The molecule has 1 fully saturated rings. The molecule has 1 unspecified atom stereocenters. The van der Waals surface area contributed by atoms with Crippen LogP contribution in [0.4, 0.5) is 0 Å². The summed E-state index contributed by atoms with van der Waals surface area (Å²) in [5, 5.41) is 2.79. The van der Waals surface area contributed by atoms with Gasteiger partial charge in [0.25, 0.3) is 0 Å². The molecular weight excluding hydrogens is 206 g/mol. The molecule has 5 heteroatoms. The molecule has 74 valence electrons. The Labute approximate surface area is 87.6 Å². The van der Waals surface area contributed by atoms with Crippen LogP contribution in [0.3, 0.4) is 0 Å². The minimum absolute atomic E-state index is 0.0602. The second-order valence-corrected chi connectivity index (χ2v) is 4.65. The van der Waals surface area contributed by atoms with E-state index in [9.17, 15) is 4.79 Å². The van der Waals surface area contributed by atoms with E-state index < -0.39 is 0 Å². The number of nitrogens with one attached hydrogen (secondary N) is 1. The number of ether oxygens (including phenoxy) is 1. The smallest absolute Gasteiger partial charge is 0.233 e. The van der Waals surface area contributed by atoms with Crippen LogP contribution in [-0.2, 0) is 9.53 Å². The molecule has 0 aromatic rings. The Morgan fingerprint density at radius 3 is 3.15 bits per heavy atom. The van der Waals surface area contributed by atoms with E-state index in [1.54, 1.807) is 0 Å². The molecule has 3 nitrogen and oxygen atoms in total. The Kier molecular flexibility index (Phi) is 4.52. The number of hydrogen-bond acceptors (Lipinski definition) is 4. The second kappa shape index (κ2) is 5.44. The number of carbonyl (C=O) groups excluding carboxylic acids is 1. The molecule has 1 aliphatic rings. The summed E-state index contributed by atoms with van der Waals surface area (Å²) in [6.45, 7) is 0.787. The lowest BCUT2D eigenvalue weighted by Crippen LogP contribution is -2.31. The summed E-state index contributed by atoms with van der Waals surface area (Å²) in [5.41, 5.74) is 0. The van der Waals surface area contributed by atoms with Crippen molar-refractivity contribution < 1.29 is 9.53 Å². The Bertz CT molecular complexity index is 208. The molecule has 0 radical (unpaired) electrons. The maximum absolute atomic E-state index is 11.4. The first-order chi connectivity index (χ1) is 6.24. The normalized spacial score (nSPS) is 23.2. The van der Waals surface area contributed by atoms with E-state index in [1.807, 2.05) is 0 Å². The quantitative estimate of drug-likeness (QED) is 0.675. The standard InChI is InChI=1S/C8H13NO2S2/c1-11-8(12)13-6-4-2-3-5-9-7(6)10/h6H,2-5H2,1H3,(H,9,10). The van der Waals surface area contributed by atoms with Gasteiger partial charge in [-0.3, -0.25) is 4.79 Å². The molecule has 1 N–H and O–H groups in total. The van der Waals surface area contributed by atoms with Crippen LogP contribution in [0, 0.1) is 0 Å². The van der Waals surface area contributed by atoms with Crippen molar-refractivity contribution in [3.05, 3.63) is 0 Å². The number of thioether (sulfide) groups is 1. The number of amides is 1. The third kappa shape index (κ3) is 3.52. The molecule has 0 aliphatic carbocycles. The van der Waals surface area contributed by atoms with Crippen LogP contribution in [0.15, 0.2) is 0 Å². The largest absolute Gasteiger partial charge is 0.482 e. The molecule has 1 amide bonds. The summed E-state index contributed by atoms with van der Waals surface area (Å²) in [6.07, 6.45) is 3.02. The Morgan fingerprint density at radius 1 is 1.69 bits per heavy atom. The minimum atomic E-state index is -0.0602. The summed E-state index contributed by atoms with van der Waals surface area (Å²) < 4.78 is 5.30. The molecular formula is C8H13NO2S2. The first kappa shape index (κ1) is 10.8. The number of hydrogen-bond donors (Lipinski definition) is 1. The monoisotopic (exact) mass is 219 g/mol. The fraction of sp³-hybridized carbons (Fsp3) is 0.750. The number of methoxy groups -OCH3 is 1. The lowest BCUT2D eigenvalue weighted by molar-refractivity contribution is -0.120. The van der Waals surface area contributed by atoms with Crippen molar-refractivity contribution in [1.82, 2.24) is 5.32 Å². The Hall–Kier alpha value is -0.290. The van der Waals surface area contributed by atoms with Crippen molar-refractivity contribution in [2.24, 2.45) is 0 Å². The third-order valence-electron chi connectivity index (χ3n) is 1.89. The summed E-state index contributed by atoms with van der Waals surface area (Å²) in [4.78, 5) is 11.4. The zero-order chi connectivity index (χ0) is 9.68. The van der Waals surface area contributed by atoms with Gasteiger partial charge in [-0.05, 0) is 25.1 Å². The van der Waals surface area contributed by atoms with Gasteiger partial charge in [0.15, 0.2) is 0 Å². The van der Waals surface area contributed by atoms with Crippen LogP contribution in [0.1, 0.15) is 19.3 Å². The molecule has 0 bridgehead atoms. The van der Waals surface area contributed by atoms with E-state index >= 15 is 0 Å². The topological polar surface area (TPSA) is 38.3 Å². The van der Waals surface area contributed by atoms with E-state index in [1.165, 1.54) is 18.9 Å². The molecule has 0 saturated carbocycles. The first-order valence-corrected chi connectivity index (χ1v) is 5.55. The molecule has 0 aromatic heterocycles. The molecule has 1 saturated heterocycles. The van der Waals surface area contributed by atoms with Crippen LogP contribution in [0.2, 0.25) is 0 Å². The molecule has 1 atom stereocenters. The Morgan fingerprint density at radius 2 is 2.46 bits per heavy atom. The Balaban J connectivity index is 2.45. The molecule has 1 heterocycles. The van der Waals surface area contributed by atoms with Crippen LogP contribution in [0.5, 0.6) is 0 Å². The van der Waals surface area contributed by atoms with Crippen molar-refractivity contribution in [2.45, 2.75) is 24.5 Å². The third-order valence-corrected chi connectivity index (χ3v) is 3.44. The van der Waals surface area contributed by atoms with E-state index in [4.69, 9.17) is 17.0 Å². The maximum atomic E-state index is 11.4. The van der Waals surface area contributed by atoms with Gasteiger partial charge in [0, 0.05) is 6.54 Å². The highest BCUT2D eigenvalue weighted by atomic mass is 32.2. The predicted molar refractivity (Wildman–Crippen MR) is 57.8 cm³/mol. The lowest BCUT2D eigenvalue weighted by Gasteiger charge is -2.11. The van der Waals surface area contributed by atoms with E-state index in [0.717, 1.165) is 25.8 Å². The highest BCUT2D eigenvalue weighted by Crippen LogP contribution is 2.21. The number of rotatable bonds is 1. The van der Waals surface area contributed by atoms with E-state index in [2.05, 4.69) is 5.32 Å². The van der Waals surface area contributed by atoms with Crippen LogP contribution < -0.4 is 5.32 Å². The van der Waals surface area contributed by atoms with Gasteiger partial charge in [-0.1, -0.05) is 18.2 Å². The van der Waals surface area contributed by atoms with Crippen molar-refractivity contribution in [2.75, 3.05) is 13.7 Å². The molecule has 1 rings (SSSR count). The number of thiocarbonyl (C=S) groups is 1. The van der Waals surface area contributed by atoms with Crippen LogP contribution in [-0.4, -0.2) is 29.2 Å². The lowest BCUT2D eigenvalue weighted by atomic mass is 10.2. The zero-order valence-corrected chi connectivity index (χ0v) is 9.17. The average Bonchev–Trinajstić information content (AvgIpc) is 2.32. The van der Waals surface area contributed by atoms with Crippen molar-refractivity contribution in [1.29, 1.82) is 0 Å². The van der Waals surface area contributed by atoms with Gasteiger partial charge < -0.3 is 10.1 Å². The summed E-state index contributed by atoms with van der Waals surface area (Å²) in [7, 11) is 1.53. The molecule has 1 aliphatic heterocycles. The average molecular weight is 219 g/mol. The molecule has 13 heavy (non-hydrogen) atoms. The van der Waals surface area contributed by atoms with Gasteiger partial charge >= 0.3 is 0 Å². The van der Waals surface area contributed by atoms with Gasteiger partial charge in [0.2, 0.25) is 10.3 Å². The summed E-state index contributed by atoms with van der Waals surface area (Å²) in [5.74, 6) is 0.0851. The van der Waals surface area contributed by atoms with Crippen LogP contribution >= 0.6 is 24.0 Å². The fourth-order valence-corrected chi connectivity index (χ4v) is 2.34. The highest BCUT2D eigenvalue weighted by molar-refractivity contribution is 8.23. The van der Waals surface area contributed by atoms with E-state index in [0.29, 0.717) is 4.38 Å². The zero-order valence-electron chi connectivity index (χ0n) is 7.54. The van der Waals surface area contributed by atoms with Gasteiger partial charge in [0.1, 0.15) is 0 Å². The second-order valence-electron chi connectivity index (χ2n) is 2.85. The highest BCUT2D eigenvalue weighted by Gasteiger charge is 2.22. The van der Waals surface area contributed by atoms with Gasteiger partial charge in [0.05, 0.1) is 12.4 Å².